The van der Waals surface area contributed by atoms with Gasteiger partial charge in [-0.05, 0) is 54.7 Å². The van der Waals surface area contributed by atoms with Crippen molar-refractivity contribution in [3.63, 3.8) is 0 Å². The fourth-order valence-electron chi connectivity index (χ4n) is 5.84. The SMILES string of the molecule is CCCCCCCCCCCCCCCCCC(=O)OCCOCCOC(=O)CCCCCCc1cc(C)c(O)c(C(C)(C)C)c1. The Balaban J connectivity index is 1.87. The first-order valence-corrected chi connectivity index (χ1v) is 18.9. The number of phenols is 1. The summed E-state index contributed by atoms with van der Waals surface area (Å²) in [4.78, 5) is 23.9. The molecule has 1 rings (SSSR count). The number of hydrogen-bond acceptors (Lipinski definition) is 6. The maximum Gasteiger partial charge on any atom is 0.305 e. The lowest BCUT2D eigenvalue weighted by Crippen LogP contribution is -2.14. The van der Waals surface area contributed by atoms with Crippen molar-refractivity contribution in [1.82, 2.24) is 0 Å². The molecule has 6 nitrogen and oxygen atoms in total. The zero-order valence-electron chi connectivity index (χ0n) is 30.5. The molecule has 0 aliphatic heterocycles. The van der Waals surface area contributed by atoms with E-state index >= 15 is 0 Å². The highest BCUT2D eigenvalue weighted by atomic mass is 16.6. The molecule has 0 radical (unpaired) electrons. The third-order valence-corrected chi connectivity index (χ3v) is 8.73. The van der Waals surface area contributed by atoms with E-state index in [4.69, 9.17) is 14.2 Å². The minimum atomic E-state index is -0.192. The Kier molecular flexibility index (Phi) is 24.6. The van der Waals surface area contributed by atoms with Gasteiger partial charge in [0.1, 0.15) is 19.0 Å². The maximum atomic E-state index is 12.0. The van der Waals surface area contributed by atoms with Crippen molar-refractivity contribution in [3.05, 3.63) is 28.8 Å². The number of carbonyl (C=O) groups is 2. The van der Waals surface area contributed by atoms with Crippen LogP contribution in [0.1, 0.15) is 179 Å². The van der Waals surface area contributed by atoms with Crippen LogP contribution in [-0.2, 0) is 35.6 Å². The quantitative estimate of drug-likeness (QED) is 0.0689. The number of ether oxygens (including phenoxy) is 3. The van der Waals surface area contributed by atoms with Gasteiger partial charge in [0.2, 0.25) is 0 Å². The molecule has 0 aliphatic carbocycles. The van der Waals surface area contributed by atoms with Crippen molar-refractivity contribution >= 4 is 11.9 Å². The highest BCUT2D eigenvalue weighted by Gasteiger charge is 2.20. The number of benzene rings is 1. The van der Waals surface area contributed by atoms with Gasteiger partial charge in [-0.1, -0.05) is 143 Å². The van der Waals surface area contributed by atoms with Crippen molar-refractivity contribution in [2.75, 3.05) is 26.4 Å². The van der Waals surface area contributed by atoms with Gasteiger partial charge in [0.25, 0.3) is 0 Å². The number of phenolic OH excluding ortho intramolecular Hbond substituents is 1. The van der Waals surface area contributed by atoms with E-state index in [9.17, 15) is 14.7 Å². The first-order valence-electron chi connectivity index (χ1n) is 18.9. The molecule has 1 aromatic rings. The van der Waals surface area contributed by atoms with Gasteiger partial charge in [0, 0.05) is 12.8 Å². The molecular formula is C40H70O6. The second kappa shape index (κ2) is 26.9. The van der Waals surface area contributed by atoms with Gasteiger partial charge in [0.15, 0.2) is 0 Å². The fraction of sp³-hybridized carbons (Fsp3) is 0.800. The van der Waals surface area contributed by atoms with Crippen LogP contribution in [0.15, 0.2) is 12.1 Å². The molecule has 1 aromatic carbocycles. The molecule has 0 spiro atoms. The molecule has 46 heavy (non-hydrogen) atoms. The lowest BCUT2D eigenvalue weighted by molar-refractivity contribution is -0.146. The molecule has 0 atom stereocenters. The maximum absolute atomic E-state index is 12.0. The standard InChI is InChI=1S/C40H70O6/c1-6-7-8-9-10-11-12-13-14-15-16-17-18-19-23-26-37(41)45-30-28-44-29-31-46-38(42)27-24-21-20-22-25-35-32-34(2)39(43)36(33-35)40(3,4)5/h32-33,43H,6-31H2,1-5H3. The minimum absolute atomic E-state index is 0.0892. The second-order valence-corrected chi connectivity index (χ2v) is 14.2. The van der Waals surface area contributed by atoms with Gasteiger partial charge < -0.3 is 19.3 Å². The lowest BCUT2D eigenvalue weighted by atomic mass is 9.83. The second-order valence-electron chi connectivity index (χ2n) is 14.2. The number of hydrogen-bond donors (Lipinski definition) is 1. The van der Waals surface area contributed by atoms with Crippen LogP contribution >= 0.6 is 0 Å². The predicted molar refractivity (Wildman–Crippen MR) is 191 cm³/mol. The molecule has 0 heterocycles. The summed E-state index contributed by atoms with van der Waals surface area (Å²) in [6.45, 7) is 11.7. The van der Waals surface area contributed by atoms with Gasteiger partial charge >= 0.3 is 11.9 Å². The van der Waals surface area contributed by atoms with Crippen LogP contribution in [0.2, 0.25) is 0 Å². The predicted octanol–water partition coefficient (Wildman–Crippen LogP) is 10.9. The van der Waals surface area contributed by atoms with E-state index < -0.39 is 0 Å². The molecule has 0 unspecified atom stereocenters. The van der Waals surface area contributed by atoms with Gasteiger partial charge in [-0.2, -0.15) is 0 Å². The zero-order valence-corrected chi connectivity index (χ0v) is 30.5. The Morgan fingerprint density at radius 3 is 1.46 bits per heavy atom. The molecule has 6 heteroatoms. The summed E-state index contributed by atoms with van der Waals surface area (Å²) in [5, 5.41) is 10.4. The summed E-state index contributed by atoms with van der Waals surface area (Å²) in [5.74, 6) is 0.0596. The van der Waals surface area contributed by atoms with Crippen molar-refractivity contribution in [3.8, 4) is 5.75 Å². The number of aromatic hydroxyl groups is 1. The molecule has 1 N–H and O–H groups in total. The molecule has 0 aliphatic rings. The van der Waals surface area contributed by atoms with E-state index in [0.717, 1.165) is 56.1 Å². The Hall–Kier alpha value is -2.08. The smallest absolute Gasteiger partial charge is 0.305 e. The molecule has 0 saturated carbocycles. The number of aryl methyl sites for hydroxylation is 2. The molecule has 0 saturated heterocycles. The fourth-order valence-corrected chi connectivity index (χ4v) is 5.84. The third kappa shape index (κ3) is 22.4. The molecular weight excluding hydrogens is 576 g/mol. The van der Waals surface area contributed by atoms with Crippen LogP contribution in [0.4, 0.5) is 0 Å². The van der Waals surface area contributed by atoms with E-state index in [2.05, 4.69) is 39.8 Å². The van der Waals surface area contributed by atoms with Crippen molar-refractivity contribution in [2.24, 2.45) is 0 Å². The van der Waals surface area contributed by atoms with Crippen LogP contribution in [0.3, 0.4) is 0 Å². The van der Waals surface area contributed by atoms with E-state index in [1.54, 1.807) is 0 Å². The molecule has 0 bridgehead atoms. The molecule has 0 amide bonds. The average Bonchev–Trinajstić information content (AvgIpc) is 3.01. The Morgan fingerprint density at radius 2 is 1.02 bits per heavy atom. The zero-order chi connectivity index (χ0) is 33.9. The largest absolute Gasteiger partial charge is 0.507 e. The Bertz CT molecular complexity index is 919. The van der Waals surface area contributed by atoms with Gasteiger partial charge in [0.05, 0.1) is 13.2 Å². The van der Waals surface area contributed by atoms with Crippen molar-refractivity contribution in [2.45, 2.75) is 181 Å². The molecule has 0 aromatic heterocycles. The summed E-state index contributed by atoms with van der Waals surface area (Å²) >= 11 is 0. The topological polar surface area (TPSA) is 82.1 Å². The van der Waals surface area contributed by atoms with Crippen LogP contribution in [0.5, 0.6) is 5.75 Å². The average molecular weight is 647 g/mol. The molecule has 266 valence electrons. The number of carbonyl (C=O) groups excluding carboxylic acids is 2. The minimum Gasteiger partial charge on any atom is -0.507 e. The summed E-state index contributed by atoms with van der Waals surface area (Å²) in [6, 6.07) is 4.21. The van der Waals surface area contributed by atoms with Crippen molar-refractivity contribution in [1.29, 1.82) is 0 Å². The van der Waals surface area contributed by atoms with Crippen LogP contribution in [0.25, 0.3) is 0 Å². The van der Waals surface area contributed by atoms with Crippen LogP contribution in [0, 0.1) is 6.92 Å². The number of esters is 2. The molecule has 0 fully saturated rings. The summed E-state index contributed by atoms with van der Waals surface area (Å²) in [6.07, 6.45) is 25.4. The normalized spacial score (nSPS) is 11.6. The van der Waals surface area contributed by atoms with E-state index in [-0.39, 0.29) is 30.6 Å². The van der Waals surface area contributed by atoms with Gasteiger partial charge in [-0.3, -0.25) is 9.59 Å². The summed E-state index contributed by atoms with van der Waals surface area (Å²) in [7, 11) is 0. The summed E-state index contributed by atoms with van der Waals surface area (Å²) in [5.41, 5.74) is 3.10. The first kappa shape index (κ1) is 41.9. The monoisotopic (exact) mass is 647 g/mol. The van der Waals surface area contributed by atoms with Gasteiger partial charge in [-0.25, -0.2) is 0 Å². The number of rotatable bonds is 29. The Morgan fingerprint density at radius 1 is 0.609 bits per heavy atom. The highest BCUT2D eigenvalue weighted by molar-refractivity contribution is 5.69. The highest BCUT2D eigenvalue weighted by Crippen LogP contribution is 2.34. The third-order valence-electron chi connectivity index (χ3n) is 8.73. The lowest BCUT2D eigenvalue weighted by Gasteiger charge is -2.22. The Labute approximate surface area is 282 Å². The van der Waals surface area contributed by atoms with E-state index in [1.807, 2.05) is 6.92 Å². The van der Waals surface area contributed by atoms with E-state index in [0.29, 0.717) is 31.8 Å². The summed E-state index contributed by atoms with van der Waals surface area (Å²) < 4.78 is 15.9. The van der Waals surface area contributed by atoms with Crippen LogP contribution in [-0.4, -0.2) is 43.5 Å². The van der Waals surface area contributed by atoms with Crippen LogP contribution < -0.4 is 0 Å². The van der Waals surface area contributed by atoms with Gasteiger partial charge in [-0.15, -0.1) is 0 Å². The number of unbranched alkanes of at least 4 members (excludes halogenated alkanes) is 17. The first-order chi connectivity index (χ1) is 22.1. The van der Waals surface area contributed by atoms with E-state index in [1.165, 1.54) is 89.0 Å². The van der Waals surface area contributed by atoms with Crippen molar-refractivity contribution < 1.29 is 28.9 Å².